The van der Waals surface area contributed by atoms with Gasteiger partial charge in [-0.25, -0.2) is 0 Å². The van der Waals surface area contributed by atoms with Crippen LogP contribution in [0.5, 0.6) is 0 Å². The Morgan fingerprint density at radius 1 is 1.43 bits per heavy atom. The fraction of sp³-hybridized carbons (Fsp3) is 1.00. The van der Waals surface area contributed by atoms with E-state index in [1.165, 1.54) is 6.42 Å². The molecule has 0 aliphatic carbocycles. The molecule has 1 rings (SSSR count). The minimum absolute atomic E-state index is 0.485. The smallest absolute Gasteiger partial charge is 0.0624 e. The van der Waals surface area contributed by atoms with Crippen molar-refractivity contribution in [1.29, 1.82) is 0 Å². The van der Waals surface area contributed by atoms with Crippen LogP contribution in [-0.2, 0) is 4.74 Å². The third-order valence-electron chi connectivity index (χ3n) is 2.79. The van der Waals surface area contributed by atoms with E-state index in [9.17, 15) is 0 Å². The van der Waals surface area contributed by atoms with Crippen LogP contribution in [0.3, 0.4) is 0 Å². The molecule has 0 bridgehead atoms. The first-order chi connectivity index (χ1) is 6.70. The van der Waals surface area contributed by atoms with E-state index in [1.807, 2.05) is 0 Å². The van der Waals surface area contributed by atoms with Gasteiger partial charge in [0.05, 0.1) is 6.10 Å². The molecule has 2 atom stereocenters. The van der Waals surface area contributed by atoms with Crippen LogP contribution in [0.2, 0.25) is 0 Å². The van der Waals surface area contributed by atoms with E-state index >= 15 is 0 Å². The minimum atomic E-state index is 0.485. The summed E-state index contributed by atoms with van der Waals surface area (Å²) in [6.45, 7) is 6.52. The summed E-state index contributed by atoms with van der Waals surface area (Å²) in [6, 6.07) is 0. The zero-order valence-electron chi connectivity index (χ0n) is 9.75. The molecule has 1 fully saturated rings. The second kappa shape index (κ2) is 6.38. The zero-order valence-corrected chi connectivity index (χ0v) is 9.75. The molecule has 0 radical (unpaired) electrons. The number of ether oxygens (including phenoxy) is 1. The van der Waals surface area contributed by atoms with Gasteiger partial charge in [-0.15, -0.1) is 0 Å². The average Bonchev–Trinajstić information content (AvgIpc) is 2.15. The molecule has 3 heteroatoms. The summed E-state index contributed by atoms with van der Waals surface area (Å²) in [5.41, 5.74) is 0. The topological polar surface area (TPSA) is 24.5 Å². The fourth-order valence-corrected chi connectivity index (χ4v) is 1.85. The van der Waals surface area contributed by atoms with E-state index in [4.69, 9.17) is 4.74 Å². The monoisotopic (exact) mass is 200 g/mol. The lowest BCUT2D eigenvalue weighted by Gasteiger charge is -2.29. The predicted octanol–water partition coefficient (Wildman–Crippen LogP) is 0.953. The number of nitrogens with one attached hydrogen (secondary N) is 1. The van der Waals surface area contributed by atoms with Crippen molar-refractivity contribution in [2.24, 2.45) is 5.92 Å². The Bertz CT molecular complexity index is 150. The summed E-state index contributed by atoms with van der Waals surface area (Å²) in [7, 11) is 4.21. The third-order valence-corrected chi connectivity index (χ3v) is 2.79. The highest BCUT2D eigenvalue weighted by molar-refractivity contribution is 4.75. The van der Waals surface area contributed by atoms with Crippen LogP contribution >= 0.6 is 0 Å². The van der Waals surface area contributed by atoms with Crippen LogP contribution in [0.1, 0.15) is 19.8 Å². The van der Waals surface area contributed by atoms with Gasteiger partial charge in [0.15, 0.2) is 0 Å². The molecule has 0 aromatic heterocycles. The maximum atomic E-state index is 5.88. The van der Waals surface area contributed by atoms with Crippen molar-refractivity contribution in [2.45, 2.75) is 25.9 Å². The Balaban J connectivity index is 2.04. The lowest BCUT2D eigenvalue weighted by molar-refractivity contribution is -0.00173. The van der Waals surface area contributed by atoms with Gasteiger partial charge in [-0.2, -0.15) is 0 Å². The van der Waals surface area contributed by atoms with E-state index in [0.29, 0.717) is 12.0 Å². The Hall–Kier alpha value is -0.120. The van der Waals surface area contributed by atoms with E-state index in [0.717, 1.165) is 32.7 Å². The van der Waals surface area contributed by atoms with Gasteiger partial charge in [0.2, 0.25) is 0 Å². The van der Waals surface area contributed by atoms with Crippen molar-refractivity contribution in [2.75, 3.05) is 40.3 Å². The summed E-state index contributed by atoms with van der Waals surface area (Å²) < 4.78 is 5.88. The van der Waals surface area contributed by atoms with E-state index < -0.39 is 0 Å². The molecule has 1 heterocycles. The van der Waals surface area contributed by atoms with Gasteiger partial charge in [-0.1, -0.05) is 6.92 Å². The van der Waals surface area contributed by atoms with Crippen molar-refractivity contribution < 1.29 is 4.74 Å². The van der Waals surface area contributed by atoms with Crippen molar-refractivity contribution in [3.8, 4) is 0 Å². The number of piperidine rings is 1. The standard InChI is InChI=1S/C11H24N2O/c1-10-9-12-6-5-11(10)14-8-4-7-13(2)3/h10-12H,4-9H2,1-3H3. The van der Waals surface area contributed by atoms with Gasteiger partial charge in [0.1, 0.15) is 0 Å². The van der Waals surface area contributed by atoms with Crippen LogP contribution in [-0.4, -0.2) is 51.3 Å². The zero-order chi connectivity index (χ0) is 10.4. The molecule has 0 aromatic carbocycles. The Labute approximate surface area is 87.8 Å². The lowest BCUT2D eigenvalue weighted by Crippen LogP contribution is -2.40. The molecule has 3 nitrogen and oxygen atoms in total. The largest absolute Gasteiger partial charge is 0.378 e. The molecule has 1 aliphatic rings. The normalized spacial score (nSPS) is 28.3. The summed E-state index contributed by atoms with van der Waals surface area (Å²) in [6.07, 6.45) is 2.80. The van der Waals surface area contributed by atoms with E-state index in [-0.39, 0.29) is 0 Å². The first-order valence-corrected chi connectivity index (χ1v) is 5.67. The highest BCUT2D eigenvalue weighted by Crippen LogP contribution is 2.14. The molecule has 2 unspecified atom stereocenters. The van der Waals surface area contributed by atoms with Gasteiger partial charge in [-0.3, -0.25) is 0 Å². The Kier molecular flexibility index (Phi) is 5.45. The summed E-state index contributed by atoms with van der Waals surface area (Å²) in [5.74, 6) is 0.670. The maximum absolute atomic E-state index is 5.88. The second-order valence-corrected chi connectivity index (χ2v) is 4.54. The maximum Gasteiger partial charge on any atom is 0.0624 e. The van der Waals surface area contributed by atoms with Crippen LogP contribution < -0.4 is 5.32 Å². The molecule has 1 N–H and O–H groups in total. The minimum Gasteiger partial charge on any atom is -0.378 e. The van der Waals surface area contributed by atoms with Crippen molar-refractivity contribution in [3.05, 3.63) is 0 Å². The summed E-state index contributed by atoms with van der Waals surface area (Å²) >= 11 is 0. The van der Waals surface area contributed by atoms with Crippen LogP contribution in [0.4, 0.5) is 0 Å². The number of hydrogen-bond acceptors (Lipinski definition) is 3. The molecular weight excluding hydrogens is 176 g/mol. The fourth-order valence-electron chi connectivity index (χ4n) is 1.85. The van der Waals surface area contributed by atoms with Crippen molar-refractivity contribution >= 4 is 0 Å². The van der Waals surface area contributed by atoms with Gasteiger partial charge in [0, 0.05) is 13.2 Å². The van der Waals surface area contributed by atoms with Crippen LogP contribution in [0, 0.1) is 5.92 Å². The second-order valence-electron chi connectivity index (χ2n) is 4.54. The lowest BCUT2D eigenvalue weighted by atomic mass is 9.98. The Morgan fingerprint density at radius 3 is 2.86 bits per heavy atom. The summed E-state index contributed by atoms with van der Waals surface area (Å²) in [4.78, 5) is 2.20. The number of hydrogen-bond donors (Lipinski definition) is 1. The highest BCUT2D eigenvalue weighted by Gasteiger charge is 2.20. The molecular formula is C11H24N2O. The van der Waals surface area contributed by atoms with Crippen molar-refractivity contribution in [1.82, 2.24) is 10.2 Å². The molecule has 0 saturated carbocycles. The van der Waals surface area contributed by atoms with Gasteiger partial charge in [-0.05, 0) is 45.9 Å². The molecule has 84 valence electrons. The van der Waals surface area contributed by atoms with Crippen molar-refractivity contribution in [3.63, 3.8) is 0 Å². The van der Waals surface area contributed by atoms with E-state index in [1.54, 1.807) is 0 Å². The molecule has 0 spiro atoms. The number of nitrogens with zero attached hydrogens (tertiary/aromatic N) is 1. The molecule has 1 aliphatic heterocycles. The Morgan fingerprint density at radius 2 is 2.21 bits per heavy atom. The first-order valence-electron chi connectivity index (χ1n) is 5.67. The van der Waals surface area contributed by atoms with Gasteiger partial charge < -0.3 is 15.0 Å². The molecule has 0 aromatic rings. The quantitative estimate of drug-likeness (QED) is 0.669. The SMILES string of the molecule is CC1CNCCC1OCCCN(C)C. The highest BCUT2D eigenvalue weighted by atomic mass is 16.5. The van der Waals surface area contributed by atoms with E-state index in [2.05, 4.69) is 31.2 Å². The van der Waals surface area contributed by atoms with Crippen LogP contribution in [0.25, 0.3) is 0 Å². The molecule has 14 heavy (non-hydrogen) atoms. The number of rotatable bonds is 5. The average molecular weight is 200 g/mol. The predicted molar refractivity (Wildman–Crippen MR) is 59.6 cm³/mol. The van der Waals surface area contributed by atoms with Gasteiger partial charge >= 0.3 is 0 Å². The van der Waals surface area contributed by atoms with Crippen LogP contribution in [0.15, 0.2) is 0 Å². The summed E-state index contributed by atoms with van der Waals surface area (Å²) in [5, 5.41) is 3.38. The molecule has 1 saturated heterocycles. The molecule has 0 amide bonds. The first kappa shape index (κ1) is 12.0. The van der Waals surface area contributed by atoms with Gasteiger partial charge in [0.25, 0.3) is 0 Å². The third kappa shape index (κ3) is 4.40.